The first-order chi connectivity index (χ1) is 7.88. The first-order valence-electron chi connectivity index (χ1n) is 5.17. The third kappa shape index (κ3) is 3.12. The molecule has 17 heavy (non-hydrogen) atoms. The Morgan fingerprint density at radius 1 is 1.35 bits per heavy atom. The maximum atomic E-state index is 11.3. The minimum absolute atomic E-state index is 0.778. The summed E-state index contributed by atoms with van der Waals surface area (Å²) >= 11 is 0. The van der Waals surface area contributed by atoms with E-state index in [0.717, 1.165) is 0 Å². The molecule has 0 saturated carbocycles. The quantitative estimate of drug-likeness (QED) is 0.303. The highest BCUT2D eigenvalue weighted by molar-refractivity contribution is 5.81. The van der Waals surface area contributed by atoms with Crippen LogP contribution in [0.15, 0.2) is 0 Å². The summed E-state index contributed by atoms with van der Waals surface area (Å²) in [5, 5.41) is 48.3. The third-order valence-corrected chi connectivity index (χ3v) is 2.65. The van der Waals surface area contributed by atoms with Gasteiger partial charge in [0.15, 0.2) is 12.4 Å². The van der Waals surface area contributed by atoms with E-state index < -0.39 is 49.3 Å². The van der Waals surface area contributed by atoms with Crippen LogP contribution in [-0.2, 0) is 9.53 Å². The molecule has 1 fully saturated rings. The van der Waals surface area contributed by atoms with Crippen LogP contribution in [0.4, 0.5) is 0 Å². The summed E-state index contributed by atoms with van der Waals surface area (Å²) in [5.41, 5.74) is 0. The number of carbonyl (C=O) groups excluding carboxylic acids is 1. The second-order valence-corrected chi connectivity index (χ2v) is 3.95. The average molecular weight is 251 g/mol. The van der Waals surface area contributed by atoms with Crippen LogP contribution in [0.2, 0.25) is 0 Å². The monoisotopic (exact) mass is 251 g/mol. The van der Waals surface area contributed by atoms with Crippen LogP contribution >= 0.6 is 0 Å². The van der Waals surface area contributed by atoms with Crippen molar-refractivity contribution in [2.75, 3.05) is 6.61 Å². The number of rotatable bonds is 3. The second kappa shape index (κ2) is 5.71. The van der Waals surface area contributed by atoms with Crippen molar-refractivity contribution in [2.24, 2.45) is 0 Å². The van der Waals surface area contributed by atoms with Gasteiger partial charge in [0.2, 0.25) is 0 Å². The molecule has 1 heterocycles. The number of carbonyl (C=O) groups is 1. The van der Waals surface area contributed by atoms with E-state index >= 15 is 0 Å². The van der Waals surface area contributed by atoms with Crippen LogP contribution in [0.25, 0.3) is 0 Å². The number of aliphatic hydroxyl groups is 5. The molecule has 0 spiro atoms. The smallest absolute Gasteiger partial charge is 0.251 e. The van der Waals surface area contributed by atoms with Crippen molar-refractivity contribution in [3.05, 3.63) is 0 Å². The van der Waals surface area contributed by atoms with Crippen molar-refractivity contribution in [3.63, 3.8) is 0 Å². The lowest BCUT2D eigenvalue weighted by Crippen LogP contribution is -2.64. The molecule has 0 bridgehead atoms. The lowest BCUT2D eigenvalue weighted by atomic mass is 9.96. The topological polar surface area (TPSA) is 139 Å². The molecule has 100 valence electrons. The molecule has 8 heteroatoms. The van der Waals surface area contributed by atoms with Crippen molar-refractivity contribution in [1.29, 1.82) is 0 Å². The molecule has 1 aliphatic rings. The number of hydrogen-bond acceptors (Lipinski definition) is 7. The summed E-state index contributed by atoms with van der Waals surface area (Å²) in [6.45, 7) is 0.681. The van der Waals surface area contributed by atoms with Crippen molar-refractivity contribution in [3.8, 4) is 0 Å². The van der Waals surface area contributed by atoms with E-state index in [-0.39, 0.29) is 0 Å². The van der Waals surface area contributed by atoms with Crippen LogP contribution in [0, 0.1) is 0 Å². The summed E-state index contributed by atoms with van der Waals surface area (Å²) < 4.78 is 4.80. The Bertz CT molecular complexity index is 260. The average Bonchev–Trinajstić information content (AvgIpc) is 2.30. The van der Waals surface area contributed by atoms with Gasteiger partial charge in [-0.2, -0.15) is 0 Å². The van der Waals surface area contributed by atoms with Gasteiger partial charge in [0.05, 0.1) is 18.8 Å². The largest absolute Gasteiger partial charge is 0.393 e. The standard InChI is InChI=1S/C9H17NO7/c1-3-6(13)5(7(14)9(16)17-3)10-8(15)4(12)2-11/h3-7,9,11-14,16H,2H2,1H3,(H,10,15). The summed E-state index contributed by atoms with van der Waals surface area (Å²) in [5.74, 6) is -0.947. The van der Waals surface area contributed by atoms with Gasteiger partial charge in [-0.05, 0) is 6.92 Å². The lowest BCUT2D eigenvalue weighted by Gasteiger charge is -2.40. The molecule has 0 aromatic heterocycles. The Hall–Kier alpha value is -0.770. The zero-order chi connectivity index (χ0) is 13.2. The molecule has 0 aliphatic carbocycles. The van der Waals surface area contributed by atoms with E-state index in [0.29, 0.717) is 0 Å². The third-order valence-electron chi connectivity index (χ3n) is 2.65. The molecule has 1 rings (SSSR count). The van der Waals surface area contributed by atoms with Crippen LogP contribution in [0.1, 0.15) is 6.92 Å². The normalized spacial score (nSPS) is 39.8. The number of hydrogen-bond donors (Lipinski definition) is 6. The second-order valence-electron chi connectivity index (χ2n) is 3.95. The summed E-state index contributed by atoms with van der Waals surface area (Å²) in [7, 11) is 0. The fraction of sp³-hybridized carbons (Fsp3) is 0.889. The van der Waals surface area contributed by atoms with Crippen LogP contribution < -0.4 is 5.32 Å². The van der Waals surface area contributed by atoms with Crippen LogP contribution in [-0.4, -0.2) is 74.8 Å². The maximum Gasteiger partial charge on any atom is 0.251 e. The van der Waals surface area contributed by atoms with Gasteiger partial charge in [-0.3, -0.25) is 4.79 Å². The Morgan fingerprint density at radius 2 is 1.94 bits per heavy atom. The van der Waals surface area contributed by atoms with E-state index in [1.165, 1.54) is 6.92 Å². The molecule has 0 aromatic rings. The van der Waals surface area contributed by atoms with Gasteiger partial charge in [-0.25, -0.2) is 0 Å². The SMILES string of the molecule is CC1OC(O)C(O)C(NC(=O)C(O)CO)C1O. The first-order valence-corrected chi connectivity index (χ1v) is 5.17. The predicted molar refractivity (Wildman–Crippen MR) is 53.6 cm³/mol. The van der Waals surface area contributed by atoms with Crippen molar-refractivity contribution in [1.82, 2.24) is 5.32 Å². The van der Waals surface area contributed by atoms with Gasteiger partial charge < -0.3 is 35.6 Å². The van der Waals surface area contributed by atoms with Gasteiger partial charge in [-0.15, -0.1) is 0 Å². The Kier molecular flexibility index (Phi) is 4.80. The molecule has 0 aromatic carbocycles. The van der Waals surface area contributed by atoms with E-state index in [2.05, 4.69) is 5.32 Å². The highest BCUT2D eigenvalue weighted by Crippen LogP contribution is 2.19. The molecule has 0 radical (unpaired) electrons. The van der Waals surface area contributed by atoms with Crippen LogP contribution in [0.3, 0.4) is 0 Å². The van der Waals surface area contributed by atoms with Crippen molar-refractivity contribution in [2.45, 2.75) is 43.7 Å². The van der Waals surface area contributed by atoms with Gasteiger partial charge in [0, 0.05) is 0 Å². The van der Waals surface area contributed by atoms with Crippen LogP contribution in [0.5, 0.6) is 0 Å². The van der Waals surface area contributed by atoms with Crippen molar-refractivity contribution < 1.29 is 35.1 Å². The lowest BCUT2D eigenvalue weighted by molar-refractivity contribution is -0.251. The molecule has 6 atom stereocenters. The fourth-order valence-electron chi connectivity index (χ4n) is 1.57. The van der Waals surface area contributed by atoms with Crippen molar-refractivity contribution >= 4 is 5.91 Å². The summed E-state index contributed by atoms with van der Waals surface area (Å²) in [4.78, 5) is 11.3. The minimum Gasteiger partial charge on any atom is -0.393 e. The number of aliphatic hydroxyl groups excluding tert-OH is 5. The number of ether oxygens (including phenoxy) is 1. The predicted octanol–water partition coefficient (Wildman–Crippen LogP) is -3.72. The first kappa shape index (κ1) is 14.3. The Labute approximate surface area is 97.4 Å². The summed E-state index contributed by atoms with van der Waals surface area (Å²) in [6, 6.07) is -1.18. The number of nitrogens with one attached hydrogen (secondary N) is 1. The number of amides is 1. The Balaban J connectivity index is 2.69. The minimum atomic E-state index is -1.65. The van der Waals surface area contributed by atoms with E-state index in [1.54, 1.807) is 0 Å². The maximum absolute atomic E-state index is 11.3. The molecule has 1 saturated heterocycles. The fourth-order valence-corrected chi connectivity index (χ4v) is 1.57. The molecule has 8 nitrogen and oxygen atoms in total. The molecule has 1 aliphatic heterocycles. The molecule has 6 N–H and O–H groups in total. The van der Waals surface area contributed by atoms with E-state index in [4.69, 9.17) is 14.9 Å². The summed E-state index contributed by atoms with van der Waals surface area (Å²) in [6.07, 6.45) is -6.72. The zero-order valence-electron chi connectivity index (χ0n) is 9.22. The highest BCUT2D eigenvalue weighted by atomic mass is 16.6. The zero-order valence-corrected chi connectivity index (χ0v) is 9.22. The van der Waals surface area contributed by atoms with Gasteiger partial charge in [-0.1, -0.05) is 0 Å². The molecular weight excluding hydrogens is 234 g/mol. The van der Waals surface area contributed by atoms with Gasteiger partial charge >= 0.3 is 0 Å². The Morgan fingerprint density at radius 3 is 2.47 bits per heavy atom. The molecular formula is C9H17NO7. The highest BCUT2D eigenvalue weighted by Gasteiger charge is 2.43. The molecule has 1 amide bonds. The van der Waals surface area contributed by atoms with E-state index in [1.807, 2.05) is 0 Å². The van der Waals surface area contributed by atoms with Gasteiger partial charge in [0.1, 0.15) is 12.2 Å². The van der Waals surface area contributed by atoms with E-state index in [9.17, 15) is 20.1 Å². The van der Waals surface area contributed by atoms with Gasteiger partial charge in [0.25, 0.3) is 5.91 Å². The molecule has 6 unspecified atom stereocenters.